The highest BCUT2D eigenvalue weighted by Gasteiger charge is 2.02. The summed E-state index contributed by atoms with van der Waals surface area (Å²) in [7, 11) is 2.19. The van der Waals surface area contributed by atoms with Crippen LogP contribution in [0, 0.1) is 11.8 Å². The molecule has 0 bridgehead atoms. The zero-order chi connectivity index (χ0) is 15.4. The summed E-state index contributed by atoms with van der Waals surface area (Å²) in [5.74, 6) is 1.66. The molecule has 0 aliphatic carbocycles. The standard InChI is InChI=1S/C9H21N.C8H19N/c1-8(2)6-7-10(5)9(3)4;1-7(2)5-6-9-8(3)4/h8-9H,6-7H2,1-5H3;7-9H,5-6H2,1-4H3. The average molecular weight is 273 g/mol. The molecule has 0 radical (unpaired) electrons. The van der Waals surface area contributed by atoms with E-state index < -0.39 is 0 Å². The van der Waals surface area contributed by atoms with Gasteiger partial charge < -0.3 is 10.2 Å². The minimum atomic E-state index is 0.642. The van der Waals surface area contributed by atoms with E-state index in [1.54, 1.807) is 0 Å². The Morgan fingerprint density at radius 2 is 1.26 bits per heavy atom. The van der Waals surface area contributed by atoms with E-state index in [1.807, 2.05) is 0 Å². The van der Waals surface area contributed by atoms with Crippen molar-refractivity contribution in [1.29, 1.82) is 0 Å². The van der Waals surface area contributed by atoms with E-state index in [-0.39, 0.29) is 0 Å². The fourth-order valence-electron chi connectivity index (χ4n) is 1.38. The van der Waals surface area contributed by atoms with Crippen molar-refractivity contribution in [2.45, 2.75) is 80.3 Å². The average Bonchev–Trinajstić information content (AvgIpc) is 2.25. The van der Waals surface area contributed by atoms with Gasteiger partial charge in [-0.05, 0) is 58.7 Å². The second-order valence-corrected chi connectivity index (χ2v) is 7.05. The molecule has 0 unspecified atom stereocenters. The van der Waals surface area contributed by atoms with Gasteiger partial charge in [0.25, 0.3) is 0 Å². The second-order valence-electron chi connectivity index (χ2n) is 7.05. The number of hydrogen-bond donors (Lipinski definition) is 1. The maximum Gasteiger partial charge on any atom is 0.00355 e. The van der Waals surface area contributed by atoms with Crippen LogP contribution in [-0.4, -0.2) is 37.1 Å². The second kappa shape index (κ2) is 12.9. The lowest BCUT2D eigenvalue weighted by Crippen LogP contribution is -2.27. The van der Waals surface area contributed by atoms with Crippen molar-refractivity contribution in [3.63, 3.8) is 0 Å². The first-order valence-corrected chi connectivity index (χ1v) is 8.10. The van der Waals surface area contributed by atoms with Crippen LogP contribution < -0.4 is 5.32 Å². The van der Waals surface area contributed by atoms with Crippen LogP contribution >= 0.6 is 0 Å². The minimum Gasteiger partial charge on any atom is -0.315 e. The minimum absolute atomic E-state index is 0.642. The Morgan fingerprint density at radius 3 is 1.58 bits per heavy atom. The molecule has 0 heterocycles. The van der Waals surface area contributed by atoms with Crippen molar-refractivity contribution in [3.05, 3.63) is 0 Å². The van der Waals surface area contributed by atoms with Crippen LogP contribution in [0.5, 0.6) is 0 Å². The fraction of sp³-hybridized carbons (Fsp3) is 1.00. The van der Waals surface area contributed by atoms with E-state index in [0.29, 0.717) is 12.1 Å². The van der Waals surface area contributed by atoms with E-state index >= 15 is 0 Å². The lowest BCUT2D eigenvalue weighted by molar-refractivity contribution is 0.258. The van der Waals surface area contributed by atoms with Crippen LogP contribution in [0.4, 0.5) is 0 Å². The molecule has 0 aromatic heterocycles. The molecule has 0 aliphatic heterocycles. The lowest BCUT2D eigenvalue weighted by Gasteiger charge is -2.21. The third kappa shape index (κ3) is 20.4. The molecule has 2 heteroatoms. The zero-order valence-electron chi connectivity index (χ0n) is 15.1. The summed E-state index contributed by atoms with van der Waals surface area (Å²) >= 11 is 0. The molecule has 0 atom stereocenters. The molecule has 0 aliphatic rings. The molecule has 19 heavy (non-hydrogen) atoms. The molecule has 0 rings (SSSR count). The van der Waals surface area contributed by atoms with Crippen LogP contribution in [0.25, 0.3) is 0 Å². The largest absolute Gasteiger partial charge is 0.315 e. The SMILES string of the molecule is CC(C)CCN(C)C(C)C.CC(C)CCNC(C)C. The van der Waals surface area contributed by atoms with Crippen LogP contribution in [0.1, 0.15) is 68.2 Å². The van der Waals surface area contributed by atoms with Gasteiger partial charge in [-0.15, -0.1) is 0 Å². The van der Waals surface area contributed by atoms with Crippen molar-refractivity contribution < 1.29 is 0 Å². The van der Waals surface area contributed by atoms with Gasteiger partial charge in [0.15, 0.2) is 0 Å². The number of hydrogen-bond acceptors (Lipinski definition) is 2. The molecule has 0 aromatic rings. The molecule has 1 N–H and O–H groups in total. The maximum absolute atomic E-state index is 3.38. The molecule has 118 valence electrons. The van der Waals surface area contributed by atoms with Crippen molar-refractivity contribution >= 4 is 0 Å². The zero-order valence-corrected chi connectivity index (χ0v) is 15.1. The highest BCUT2D eigenvalue weighted by molar-refractivity contribution is 4.57. The van der Waals surface area contributed by atoms with E-state index in [0.717, 1.165) is 18.4 Å². The molecule has 0 spiro atoms. The monoisotopic (exact) mass is 272 g/mol. The first-order valence-electron chi connectivity index (χ1n) is 8.10. The third-order valence-electron chi connectivity index (χ3n) is 3.21. The molecular weight excluding hydrogens is 232 g/mol. The summed E-state index contributed by atoms with van der Waals surface area (Å²) in [6, 6.07) is 1.34. The number of nitrogens with one attached hydrogen (secondary N) is 1. The van der Waals surface area contributed by atoms with Gasteiger partial charge in [-0.25, -0.2) is 0 Å². The number of nitrogens with zero attached hydrogens (tertiary/aromatic N) is 1. The summed E-state index contributed by atoms with van der Waals surface area (Å²) in [5.41, 5.74) is 0. The van der Waals surface area contributed by atoms with Crippen molar-refractivity contribution in [2.75, 3.05) is 20.1 Å². The van der Waals surface area contributed by atoms with Crippen LogP contribution in [0.3, 0.4) is 0 Å². The van der Waals surface area contributed by atoms with E-state index in [4.69, 9.17) is 0 Å². The highest BCUT2D eigenvalue weighted by atomic mass is 15.1. The summed E-state index contributed by atoms with van der Waals surface area (Å²) in [6.45, 7) is 20.3. The maximum atomic E-state index is 3.38. The van der Waals surface area contributed by atoms with Gasteiger partial charge in [0, 0.05) is 12.1 Å². The van der Waals surface area contributed by atoms with Gasteiger partial charge >= 0.3 is 0 Å². The molecule has 0 amide bonds. The molecule has 0 saturated heterocycles. The molecule has 2 nitrogen and oxygen atoms in total. The fourth-order valence-corrected chi connectivity index (χ4v) is 1.38. The lowest BCUT2D eigenvalue weighted by atomic mass is 10.1. The first-order chi connectivity index (χ1) is 8.66. The van der Waals surface area contributed by atoms with E-state index in [1.165, 1.54) is 19.4 Å². The molecule has 0 aromatic carbocycles. The Balaban J connectivity index is 0. The van der Waals surface area contributed by atoms with Crippen molar-refractivity contribution in [3.8, 4) is 0 Å². The van der Waals surface area contributed by atoms with Gasteiger partial charge in [-0.2, -0.15) is 0 Å². The Labute approximate surface area is 123 Å². The Bertz CT molecular complexity index is 166. The predicted octanol–water partition coefficient (Wildman–Crippen LogP) is 4.40. The first kappa shape index (κ1) is 21.2. The molecule has 0 saturated carbocycles. The van der Waals surface area contributed by atoms with Gasteiger partial charge in [0.2, 0.25) is 0 Å². The third-order valence-corrected chi connectivity index (χ3v) is 3.21. The molecule has 0 fully saturated rings. The highest BCUT2D eigenvalue weighted by Crippen LogP contribution is 2.02. The summed E-state index contributed by atoms with van der Waals surface area (Å²) in [4.78, 5) is 2.39. The van der Waals surface area contributed by atoms with Gasteiger partial charge in [0.1, 0.15) is 0 Å². The van der Waals surface area contributed by atoms with Crippen LogP contribution in [0.15, 0.2) is 0 Å². The Kier molecular flexibility index (Phi) is 14.4. The Hall–Kier alpha value is -0.0800. The van der Waals surface area contributed by atoms with Crippen molar-refractivity contribution in [1.82, 2.24) is 10.2 Å². The number of rotatable bonds is 8. The summed E-state index contributed by atoms with van der Waals surface area (Å²) < 4.78 is 0. The Morgan fingerprint density at radius 1 is 0.789 bits per heavy atom. The topological polar surface area (TPSA) is 15.3 Å². The summed E-state index contributed by atoms with van der Waals surface area (Å²) in [6.07, 6.45) is 2.60. The van der Waals surface area contributed by atoms with Gasteiger partial charge in [-0.3, -0.25) is 0 Å². The smallest absolute Gasteiger partial charge is 0.00355 e. The van der Waals surface area contributed by atoms with Crippen molar-refractivity contribution in [2.24, 2.45) is 11.8 Å². The normalized spacial score (nSPS) is 11.7. The van der Waals surface area contributed by atoms with Crippen LogP contribution in [0.2, 0.25) is 0 Å². The van der Waals surface area contributed by atoms with Crippen LogP contribution in [-0.2, 0) is 0 Å². The predicted molar refractivity (Wildman–Crippen MR) is 89.8 cm³/mol. The quantitative estimate of drug-likeness (QED) is 0.704. The van der Waals surface area contributed by atoms with E-state index in [9.17, 15) is 0 Å². The molecular formula is C17H40N2. The summed E-state index contributed by atoms with van der Waals surface area (Å²) in [5, 5.41) is 3.38. The van der Waals surface area contributed by atoms with E-state index in [2.05, 4.69) is 72.7 Å². The van der Waals surface area contributed by atoms with Gasteiger partial charge in [0.05, 0.1) is 0 Å². The van der Waals surface area contributed by atoms with Gasteiger partial charge in [-0.1, -0.05) is 41.5 Å².